The molecule has 2 heteroatoms. The van der Waals surface area contributed by atoms with Crippen LogP contribution in [0.2, 0.25) is 0 Å². The molecule has 2 nitrogen and oxygen atoms in total. The van der Waals surface area contributed by atoms with Crippen LogP contribution in [0.4, 0.5) is 5.69 Å². The van der Waals surface area contributed by atoms with Gasteiger partial charge in [-0.25, -0.2) is 0 Å². The molecule has 0 aliphatic carbocycles. The first-order valence-electron chi connectivity index (χ1n) is 9.90. The Bertz CT molecular complexity index is 1110. The van der Waals surface area contributed by atoms with Crippen LogP contribution in [0.1, 0.15) is 49.1 Å². The fourth-order valence-electron chi connectivity index (χ4n) is 4.61. The van der Waals surface area contributed by atoms with Crippen LogP contribution in [0.25, 0.3) is 16.7 Å². The monoisotopic (exact) mass is 367 g/mol. The number of hydrogen-bond acceptors (Lipinski definition) is 2. The number of anilines is 1. The van der Waals surface area contributed by atoms with E-state index in [0.29, 0.717) is 0 Å². The highest BCUT2D eigenvalue weighted by molar-refractivity contribution is 5.90. The van der Waals surface area contributed by atoms with Crippen LogP contribution in [0.3, 0.4) is 0 Å². The topological polar surface area (TPSA) is 21.3 Å². The Morgan fingerprint density at radius 3 is 2.39 bits per heavy atom. The van der Waals surface area contributed by atoms with E-state index in [1.807, 2.05) is 6.07 Å². The minimum Gasteiger partial charge on any atom is -0.480 e. The molecule has 2 heterocycles. The van der Waals surface area contributed by atoms with E-state index in [-0.39, 0.29) is 11.6 Å². The molecule has 2 aliphatic rings. The fraction of sp³-hybridized carbons (Fsp3) is 0.231. The van der Waals surface area contributed by atoms with Crippen molar-refractivity contribution in [2.45, 2.75) is 39.3 Å². The van der Waals surface area contributed by atoms with Gasteiger partial charge in [0.2, 0.25) is 0 Å². The molecule has 2 aliphatic heterocycles. The van der Waals surface area contributed by atoms with Crippen molar-refractivity contribution >= 4 is 11.3 Å². The Hall–Kier alpha value is -3.00. The van der Waals surface area contributed by atoms with Crippen LogP contribution in [-0.2, 0) is 0 Å². The Balaban J connectivity index is 1.80. The van der Waals surface area contributed by atoms with Gasteiger partial charge in [0.25, 0.3) is 0 Å². The second kappa shape index (κ2) is 6.00. The standard InChI is InChI=1S/C26H25NO/c1-16-9-11-18(12-10-16)25-24-20(19-7-5-6-8-22(19)28-25)13-14-21-23(24)17(2)15-26(3,4)27-21/h5-15,25,27H,1-4H3/t25-/m0/s1. The van der Waals surface area contributed by atoms with Crippen LogP contribution >= 0.6 is 0 Å². The third kappa shape index (κ3) is 2.63. The van der Waals surface area contributed by atoms with E-state index in [1.54, 1.807) is 0 Å². The normalized spacial score (nSPS) is 18.7. The van der Waals surface area contributed by atoms with Gasteiger partial charge in [0.15, 0.2) is 6.10 Å². The Morgan fingerprint density at radius 2 is 1.61 bits per heavy atom. The largest absolute Gasteiger partial charge is 0.480 e. The molecular weight excluding hydrogens is 342 g/mol. The van der Waals surface area contributed by atoms with E-state index in [4.69, 9.17) is 4.74 Å². The summed E-state index contributed by atoms with van der Waals surface area (Å²) in [6.45, 7) is 8.76. The molecule has 0 radical (unpaired) electrons. The smallest absolute Gasteiger partial charge is 0.150 e. The second-order valence-corrected chi connectivity index (χ2v) is 8.53. The maximum absolute atomic E-state index is 6.60. The lowest BCUT2D eigenvalue weighted by Crippen LogP contribution is -2.32. The van der Waals surface area contributed by atoms with E-state index in [2.05, 4.69) is 93.7 Å². The molecule has 3 aromatic rings. The third-order valence-corrected chi connectivity index (χ3v) is 5.74. The molecule has 0 aromatic heterocycles. The first-order chi connectivity index (χ1) is 13.4. The number of ether oxygens (including phenoxy) is 1. The van der Waals surface area contributed by atoms with Crippen LogP contribution < -0.4 is 10.1 Å². The van der Waals surface area contributed by atoms with Crippen molar-refractivity contribution in [2.24, 2.45) is 0 Å². The summed E-state index contributed by atoms with van der Waals surface area (Å²) in [7, 11) is 0. The molecule has 28 heavy (non-hydrogen) atoms. The summed E-state index contributed by atoms with van der Waals surface area (Å²) in [4.78, 5) is 0. The van der Waals surface area contributed by atoms with E-state index in [1.165, 1.54) is 44.6 Å². The molecule has 0 saturated carbocycles. The van der Waals surface area contributed by atoms with Crippen LogP contribution in [0, 0.1) is 6.92 Å². The van der Waals surface area contributed by atoms with Crippen molar-refractivity contribution in [3.8, 4) is 16.9 Å². The summed E-state index contributed by atoms with van der Waals surface area (Å²) < 4.78 is 6.60. The predicted octanol–water partition coefficient (Wildman–Crippen LogP) is 6.75. The number of fused-ring (bicyclic) bond motifs is 5. The second-order valence-electron chi connectivity index (χ2n) is 8.53. The zero-order valence-corrected chi connectivity index (χ0v) is 16.8. The average Bonchev–Trinajstić information content (AvgIpc) is 2.66. The quantitative estimate of drug-likeness (QED) is 0.513. The molecule has 0 amide bonds. The average molecular weight is 367 g/mol. The first-order valence-corrected chi connectivity index (χ1v) is 9.90. The molecule has 1 N–H and O–H groups in total. The Labute approximate surface area is 166 Å². The highest BCUT2D eigenvalue weighted by Crippen LogP contribution is 2.50. The Morgan fingerprint density at radius 1 is 0.857 bits per heavy atom. The first kappa shape index (κ1) is 17.1. The highest BCUT2D eigenvalue weighted by Gasteiger charge is 2.34. The summed E-state index contributed by atoms with van der Waals surface area (Å²) in [6, 6.07) is 21.5. The molecule has 140 valence electrons. The van der Waals surface area contributed by atoms with Gasteiger partial charge in [-0.3, -0.25) is 0 Å². The van der Waals surface area contributed by atoms with Gasteiger partial charge in [-0.2, -0.15) is 0 Å². The molecule has 5 rings (SSSR count). The number of benzene rings is 3. The SMILES string of the molecule is CC1=CC(C)(C)Nc2ccc3c(c21)[C@H](c1ccc(C)cc1)Oc1ccccc1-3. The van der Waals surface area contributed by atoms with E-state index < -0.39 is 0 Å². The molecule has 0 spiro atoms. The summed E-state index contributed by atoms with van der Waals surface area (Å²) >= 11 is 0. The lowest BCUT2D eigenvalue weighted by atomic mass is 9.80. The Kier molecular flexibility index (Phi) is 3.67. The zero-order chi connectivity index (χ0) is 19.5. The van der Waals surface area contributed by atoms with Crippen molar-refractivity contribution in [1.29, 1.82) is 0 Å². The number of rotatable bonds is 1. The summed E-state index contributed by atoms with van der Waals surface area (Å²) in [5.41, 5.74) is 9.84. The van der Waals surface area contributed by atoms with E-state index >= 15 is 0 Å². The zero-order valence-electron chi connectivity index (χ0n) is 16.8. The number of allylic oxidation sites excluding steroid dienone is 1. The lowest BCUT2D eigenvalue weighted by molar-refractivity contribution is 0.243. The van der Waals surface area contributed by atoms with Gasteiger partial charge in [0.05, 0.1) is 5.54 Å². The van der Waals surface area contributed by atoms with Crippen LogP contribution in [0.15, 0.2) is 66.7 Å². The van der Waals surface area contributed by atoms with Gasteiger partial charge in [-0.15, -0.1) is 0 Å². The third-order valence-electron chi connectivity index (χ3n) is 5.74. The highest BCUT2D eigenvalue weighted by atomic mass is 16.5. The minimum absolute atomic E-state index is 0.0574. The van der Waals surface area contributed by atoms with Gasteiger partial charge in [-0.1, -0.05) is 60.2 Å². The number of nitrogens with one attached hydrogen (secondary N) is 1. The van der Waals surface area contributed by atoms with Crippen LogP contribution in [0.5, 0.6) is 5.75 Å². The number of aryl methyl sites for hydroxylation is 1. The van der Waals surface area contributed by atoms with Gasteiger partial charge in [-0.05, 0) is 56.5 Å². The summed E-state index contributed by atoms with van der Waals surface area (Å²) in [5, 5.41) is 3.69. The molecule has 3 aromatic carbocycles. The molecule has 0 fully saturated rings. The van der Waals surface area contributed by atoms with Crippen LogP contribution in [-0.4, -0.2) is 5.54 Å². The van der Waals surface area contributed by atoms with Crippen molar-refractivity contribution < 1.29 is 4.74 Å². The minimum atomic E-state index is -0.119. The molecule has 1 atom stereocenters. The molecule has 0 saturated heterocycles. The maximum atomic E-state index is 6.60. The fourth-order valence-corrected chi connectivity index (χ4v) is 4.61. The van der Waals surface area contributed by atoms with E-state index in [9.17, 15) is 0 Å². The van der Waals surface area contributed by atoms with Crippen molar-refractivity contribution in [2.75, 3.05) is 5.32 Å². The lowest BCUT2D eigenvalue weighted by Gasteiger charge is -2.37. The molecule has 0 bridgehead atoms. The number of hydrogen-bond donors (Lipinski definition) is 1. The summed E-state index contributed by atoms with van der Waals surface area (Å²) in [6.07, 6.45) is 2.20. The van der Waals surface area contributed by atoms with Gasteiger partial charge >= 0.3 is 0 Å². The van der Waals surface area contributed by atoms with Gasteiger partial charge in [0, 0.05) is 22.4 Å². The molecular formula is C26H25NO. The van der Waals surface area contributed by atoms with Gasteiger partial charge in [0.1, 0.15) is 5.75 Å². The number of para-hydroxylation sites is 1. The van der Waals surface area contributed by atoms with Crippen molar-refractivity contribution in [3.05, 3.63) is 89.0 Å². The van der Waals surface area contributed by atoms with E-state index in [0.717, 1.165) is 5.75 Å². The molecule has 0 unspecified atom stereocenters. The maximum Gasteiger partial charge on any atom is 0.150 e. The van der Waals surface area contributed by atoms with Gasteiger partial charge < -0.3 is 10.1 Å². The summed E-state index contributed by atoms with van der Waals surface area (Å²) in [5.74, 6) is 0.950. The predicted molar refractivity (Wildman–Crippen MR) is 117 cm³/mol. The van der Waals surface area contributed by atoms with Crippen molar-refractivity contribution in [3.63, 3.8) is 0 Å². The van der Waals surface area contributed by atoms with Crippen molar-refractivity contribution in [1.82, 2.24) is 0 Å².